The fraction of sp³-hybridized carbons (Fsp3) is 0.200. The SMILES string of the molecule is CSNCc1ccc(-c2ccc(C(OP(Oc3ccccc3)Oc3ccccc3)C(CF)NC(=O)C(F)F)cc2)cn1. The van der Waals surface area contributed by atoms with Gasteiger partial charge < -0.3 is 14.4 Å². The molecule has 0 spiro atoms. The maximum absolute atomic E-state index is 14.4. The summed E-state index contributed by atoms with van der Waals surface area (Å²) in [5, 5.41) is 2.06. The second-order valence-corrected chi connectivity index (χ2v) is 10.5. The summed E-state index contributed by atoms with van der Waals surface area (Å²) in [5.41, 5.74) is 2.97. The number of pyridine rings is 1. The molecule has 0 saturated heterocycles. The van der Waals surface area contributed by atoms with E-state index in [0.29, 0.717) is 23.6 Å². The Morgan fingerprint density at radius 3 is 1.98 bits per heavy atom. The normalized spacial score (nSPS) is 12.6. The number of aromatic nitrogens is 1. The number of para-hydroxylation sites is 2. The summed E-state index contributed by atoms with van der Waals surface area (Å²) in [6, 6.07) is 26.7. The van der Waals surface area contributed by atoms with Crippen LogP contribution in [-0.2, 0) is 15.9 Å². The Morgan fingerprint density at radius 1 is 0.881 bits per heavy atom. The first kappa shape index (κ1) is 31.3. The van der Waals surface area contributed by atoms with Crippen molar-refractivity contribution in [3.05, 3.63) is 115 Å². The van der Waals surface area contributed by atoms with E-state index in [1.54, 1.807) is 79.0 Å². The molecule has 1 amide bonds. The molecule has 2 N–H and O–H groups in total. The molecule has 0 fully saturated rings. The van der Waals surface area contributed by atoms with Crippen molar-refractivity contribution in [3.8, 4) is 22.6 Å². The summed E-state index contributed by atoms with van der Waals surface area (Å²) < 4.78 is 61.9. The van der Waals surface area contributed by atoms with Crippen molar-refractivity contribution >= 4 is 26.5 Å². The van der Waals surface area contributed by atoms with Crippen molar-refractivity contribution in [2.24, 2.45) is 0 Å². The van der Waals surface area contributed by atoms with E-state index >= 15 is 0 Å². The third-order valence-electron chi connectivity index (χ3n) is 5.90. The molecular formula is C30H29F3N3O4PS. The molecule has 220 valence electrons. The van der Waals surface area contributed by atoms with Crippen molar-refractivity contribution in [2.75, 3.05) is 12.9 Å². The summed E-state index contributed by atoms with van der Waals surface area (Å²) in [4.78, 5) is 16.4. The number of carbonyl (C=O) groups is 1. The molecule has 4 aromatic rings. The number of benzene rings is 3. The average molecular weight is 616 g/mol. The molecule has 0 bridgehead atoms. The lowest BCUT2D eigenvalue weighted by atomic mass is 9.99. The van der Waals surface area contributed by atoms with Gasteiger partial charge in [0.15, 0.2) is 0 Å². The Kier molecular flexibility index (Phi) is 12.0. The molecule has 0 aliphatic rings. The van der Waals surface area contributed by atoms with Gasteiger partial charge in [0.1, 0.15) is 24.3 Å². The predicted molar refractivity (Wildman–Crippen MR) is 159 cm³/mol. The first-order valence-corrected chi connectivity index (χ1v) is 15.2. The average Bonchev–Trinajstić information content (AvgIpc) is 3.03. The molecule has 2 unspecified atom stereocenters. The maximum atomic E-state index is 14.4. The number of halogens is 3. The number of nitrogens with one attached hydrogen (secondary N) is 2. The topological polar surface area (TPSA) is 81.7 Å². The minimum Gasteiger partial charge on any atom is -0.418 e. The molecule has 42 heavy (non-hydrogen) atoms. The molecular weight excluding hydrogens is 586 g/mol. The number of rotatable bonds is 15. The summed E-state index contributed by atoms with van der Waals surface area (Å²) in [6.45, 7) is -0.562. The first-order valence-electron chi connectivity index (χ1n) is 12.9. The molecule has 12 heteroatoms. The predicted octanol–water partition coefficient (Wildman–Crippen LogP) is 7.28. The van der Waals surface area contributed by atoms with Crippen molar-refractivity contribution in [2.45, 2.75) is 25.1 Å². The Bertz CT molecular complexity index is 1330. The molecule has 0 saturated carbocycles. The van der Waals surface area contributed by atoms with E-state index in [1.807, 2.05) is 30.5 Å². The molecule has 2 atom stereocenters. The van der Waals surface area contributed by atoms with Crippen LogP contribution in [0.3, 0.4) is 0 Å². The minimum atomic E-state index is -3.33. The fourth-order valence-electron chi connectivity index (χ4n) is 3.81. The van der Waals surface area contributed by atoms with Gasteiger partial charge in [0.2, 0.25) is 0 Å². The monoisotopic (exact) mass is 615 g/mol. The van der Waals surface area contributed by atoms with E-state index < -0.39 is 39.8 Å². The van der Waals surface area contributed by atoms with Crippen LogP contribution in [0.25, 0.3) is 11.1 Å². The second kappa shape index (κ2) is 16.1. The number of hydrogen-bond acceptors (Lipinski definition) is 7. The van der Waals surface area contributed by atoms with Gasteiger partial charge in [0.05, 0.1) is 11.7 Å². The first-order chi connectivity index (χ1) is 20.5. The van der Waals surface area contributed by atoms with E-state index in [0.717, 1.165) is 16.8 Å². The summed E-state index contributed by atoms with van der Waals surface area (Å²) >= 11 is 1.50. The number of alkyl halides is 3. The summed E-state index contributed by atoms with van der Waals surface area (Å²) in [6.07, 6.45) is -0.881. The summed E-state index contributed by atoms with van der Waals surface area (Å²) in [5.74, 6) is -0.765. The van der Waals surface area contributed by atoms with Gasteiger partial charge in [-0.25, -0.2) is 4.39 Å². The standard InChI is InChI=1S/C30H29F3N3O4PS/c1-42-35-20-24-17-16-23(19-34-24)21-12-14-22(15-13-21)28(27(18-31)36-30(37)29(32)33)40-41(38-25-8-4-2-5-9-25)39-26-10-6-3-7-11-26/h2-17,19,27-29,35H,18,20H2,1H3,(H,36,37). The fourth-order valence-corrected chi connectivity index (χ4v) is 5.27. The lowest BCUT2D eigenvalue weighted by Crippen LogP contribution is -2.44. The molecule has 4 rings (SSSR count). The van der Waals surface area contributed by atoms with Gasteiger partial charge in [-0.05, 0) is 47.7 Å². The van der Waals surface area contributed by atoms with Crippen LogP contribution < -0.4 is 19.1 Å². The molecule has 1 aromatic heterocycles. The van der Waals surface area contributed by atoms with Crippen molar-refractivity contribution in [3.63, 3.8) is 0 Å². The largest absolute Gasteiger partial charge is 0.463 e. The van der Waals surface area contributed by atoms with Gasteiger partial charge >= 0.3 is 15.0 Å². The van der Waals surface area contributed by atoms with Crippen LogP contribution >= 0.6 is 20.6 Å². The van der Waals surface area contributed by atoms with Crippen molar-refractivity contribution in [1.82, 2.24) is 15.0 Å². The van der Waals surface area contributed by atoms with Crippen LogP contribution in [0, 0.1) is 0 Å². The third kappa shape index (κ3) is 9.19. The van der Waals surface area contributed by atoms with E-state index in [2.05, 4.69) is 15.0 Å². The third-order valence-corrected chi connectivity index (χ3v) is 7.45. The highest BCUT2D eigenvalue weighted by Gasteiger charge is 2.34. The zero-order chi connectivity index (χ0) is 29.7. The van der Waals surface area contributed by atoms with Crippen LogP contribution in [0.4, 0.5) is 13.2 Å². The Morgan fingerprint density at radius 2 is 1.48 bits per heavy atom. The number of amides is 1. The Hall–Kier alpha value is -3.63. The van der Waals surface area contributed by atoms with Gasteiger partial charge in [-0.2, -0.15) is 8.78 Å². The number of nitrogens with zero attached hydrogens (tertiary/aromatic N) is 1. The van der Waals surface area contributed by atoms with Crippen molar-refractivity contribution < 1.29 is 31.5 Å². The van der Waals surface area contributed by atoms with Crippen LogP contribution in [0.2, 0.25) is 0 Å². The molecule has 3 aromatic carbocycles. The van der Waals surface area contributed by atoms with Crippen LogP contribution in [-0.4, -0.2) is 36.3 Å². The van der Waals surface area contributed by atoms with E-state index in [1.165, 1.54) is 11.9 Å². The molecule has 0 aliphatic heterocycles. The van der Waals surface area contributed by atoms with E-state index in [4.69, 9.17) is 13.6 Å². The van der Waals surface area contributed by atoms with Gasteiger partial charge in [-0.15, -0.1) is 0 Å². The Labute approximate surface area is 247 Å². The van der Waals surface area contributed by atoms with Crippen LogP contribution in [0.15, 0.2) is 103 Å². The zero-order valence-electron chi connectivity index (χ0n) is 22.5. The highest BCUT2D eigenvalue weighted by molar-refractivity contribution is 7.96. The Balaban J connectivity index is 1.63. The van der Waals surface area contributed by atoms with Gasteiger partial charge in [0.25, 0.3) is 5.91 Å². The molecule has 0 radical (unpaired) electrons. The number of hydrogen-bond donors (Lipinski definition) is 2. The smallest absolute Gasteiger partial charge is 0.418 e. The highest BCUT2D eigenvalue weighted by Crippen LogP contribution is 2.46. The van der Waals surface area contributed by atoms with Gasteiger partial charge in [-0.3, -0.25) is 19.0 Å². The second-order valence-electron chi connectivity index (χ2n) is 8.81. The minimum absolute atomic E-state index is 0.422. The maximum Gasteiger partial charge on any atom is 0.463 e. The summed E-state index contributed by atoms with van der Waals surface area (Å²) in [7, 11) is -2.24. The van der Waals surface area contributed by atoms with Crippen molar-refractivity contribution in [1.29, 1.82) is 0 Å². The molecule has 1 heterocycles. The van der Waals surface area contributed by atoms with Crippen LogP contribution in [0.1, 0.15) is 17.4 Å². The molecule has 7 nitrogen and oxygen atoms in total. The lowest BCUT2D eigenvalue weighted by molar-refractivity contribution is -0.133. The van der Waals surface area contributed by atoms with Crippen LogP contribution in [0.5, 0.6) is 11.5 Å². The lowest BCUT2D eigenvalue weighted by Gasteiger charge is -2.29. The molecule has 0 aliphatic carbocycles. The number of carbonyl (C=O) groups excluding carboxylic acids is 1. The quantitative estimate of drug-likeness (QED) is 0.107. The van der Waals surface area contributed by atoms with E-state index in [9.17, 15) is 18.0 Å². The van der Waals surface area contributed by atoms with Gasteiger partial charge in [-0.1, -0.05) is 78.7 Å². The van der Waals surface area contributed by atoms with Gasteiger partial charge in [0, 0.05) is 18.3 Å². The highest BCUT2D eigenvalue weighted by atomic mass is 32.2. The zero-order valence-corrected chi connectivity index (χ0v) is 24.2. The van der Waals surface area contributed by atoms with E-state index in [-0.39, 0.29) is 0 Å².